The van der Waals surface area contributed by atoms with Gasteiger partial charge < -0.3 is 14.4 Å². The first-order valence-corrected chi connectivity index (χ1v) is 12.9. The molecule has 0 aromatic heterocycles. The van der Waals surface area contributed by atoms with Gasteiger partial charge in [-0.1, -0.05) is 97.8 Å². The highest BCUT2D eigenvalue weighted by atomic mass is 16.4. The molecule has 0 heterocycles. The van der Waals surface area contributed by atoms with E-state index in [1.807, 2.05) is 6.92 Å². The molecule has 0 saturated heterocycles. The summed E-state index contributed by atoms with van der Waals surface area (Å²) in [5.41, 5.74) is -1.36. The Balaban J connectivity index is 3.83. The van der Waals surface area contributed by atoms with Gasteiger partial charge in [-0.15, -0.1) is 0 Å². The minimum Gasteiger partial charge on any atom is -0.542 e. The number of nitrogens with one attached hydrogen (secondary N) is 1. The zero-order valence-electron chi connectivity index (χ0n) is 21.6. The highest BCUT2D eigenvalue weighted by molar-refractivity contribution is 5.84. The first-order valence-electron chi connectivity index (χ1n) is 12.9. The van der Waals surface area contributed by atoms with Crippen molar-refractivity contribution in [2.75, 3.05) is 21.1 Å². The summed E-state index contributed by atoms with van der Waals surface area (Å²) in [4.78, 5) is 24.3. The fourth-order valence-corrected chi connectivity index (χ4v) is 4.25. The fraction of sp³-hybridized carbons (Fsp3) is 0.923. The Labute approximate surface area is 192 Å². The molecule has 0 aliphatic rings. The Hall–Kier alpha value is -1.10. The van der Waals surface area contributed by atoms with Crippen molar-refractivity contribution >= 4 is 11.9 Å². The quantitative estimate of drug-likeness (QED) is 0.161. The summed E-state index contributed by atoms with van der Waals surface area (Å²) in [6.07, 6.45) is 17.9. The van der Waals surface area contributed by atoms with Crippen molar-refractivity contribution in [1.82, 2.24) is 5.32 Å². The topological polar surface area (TPSA) is 69.2 Å². The number of aliphatic carboxylic acids is 1. The van der Waals surface area contributed by atoms with E-state index >= 15 is 0 Å². The molecule has 31 heavy (non-hydrogen) atoms. The van der Waals surface area contributed by atoms with Crippen LogP contribution in [0.2, 0.25) is 0 Å². The lowest BCUT2D eigenvalue weighted by Crippen LogP contribution is -2.74. The summed E-state index contributed by atoms with van der Waals surface area (Å²) in [6, 6.07) is 0. The molecule has 0 aromatic carbocycles. The average Bonchev–Trinajstić information content (AvgIpc) is 2.66. The van der Waals surface area contributed by atoms with Crippen LogP contribution >= 0.6 is 0 Å². The van der Waals surface area contributed by atoms with Crippen molar-refractivity contribution in [1.29, 1.82) is 0 Å². The summed E-state index contributed by atoms with van der Waals surface area (Å²) < 4.78 is 0.118. The van der Waals surface area contributed by atoms with Crippen molar-refractivity contribution in [3.8, 4) is 0 Å². The third-order valence-electron chi connectivity index (χ3n) is 6.38. The van der Waals surface area contributed by atoms with Crippen LogP contribution in [0.4, 0.5) is 0 Å². The van der Waals surface area contributed by atoms with Crippen LogP contribution in [0.3, 0.4) is 0 Å². The minimum atomic E-state index is -1.36. The predicted octanol–water partition coefficient (Wildman–Crippen LogP) is 5.17. The molecular weight excluding hydrogens is 388 g/mol. The number of nitrogens with zero attached hydrogens (tertiary/aromatic N) is 1. The maximum absolute atomic E-state index is 12.4. The van der Waals surface area contributed by atoms with Gasteiger partial charge in [0.05, 0.1) is 21.1 Å². The Kier molecular flexibility index (Phi) is 15.9. The molecule has 5 heteroatoms. The van der Waals surface area contributed by atoms with Crippen LogP contribution in [0, 0.1) is 5.92 Å². The predicted molar refractivity (Wildman–Crippen MR) is 128 cm³/mol. The van der Waals surface area contributed by atoms with Crippen molar-refractivity contribution in [2.45, 2.75) is 129 Å². The van der Waals surface area contributed by atoms with E-state index in [0.717, 1.165) is 25.2 Å². The Morgan fingerprint density at radius 1 is 0.806 bits per heavy atom. The van der Waals surface area contributed by atoms with Crippen LogP contribution in [0.5, 0.6) is 0 Å². The molecule has 0 rings (SSSR count). The normalized spacial score (nSPS) is 13.9. The summed E-state index contributed by atoms with van der Waals surface area (Å²) in [5, 5.41) is 14.7. The van der Waals surface area contributed by atoms with Crippen LogP contribution in [-0.2, 0) is 9.59 Å². The number of carboxylic acids is 1. The van der Waals surface area contributed by atoms with Gasteiger partial charge >= 0.3 is 0 Å². The van der Waals surface area contributed by atoms with E-state index in [0.29, 0.717) is 19.3 Å². The second kappa shape index (κ2) is 16.5. The van der Waals surface area contributed by atoms with Gasteiger partial charge in [0.15, 0.2) is 0 Å². The molecule has 0 saturated carbocycles. The van der Waals surface area contributed by atoms with E-state index in [4.69, 9.17) is 0 Å². The van der Waals surface area contributed by atoms with Crippen LogP contribution in [-0.4, -0.2) is 43.2 Å². The van der Waals surface area contributed by atoms with Gasteiger partial charge in [-0.25, -0.2) is 0 Å². The van der Waals surface area contributed by atoms with Gasteiger partial charge in [0.25, 0.3) is 0 Å². The lowest BCUT2D eigenvalue weighted by atomic mass is 9.99. The van der Waals surface area contributed by atoms with Gasteiger partial charge in [0.1, 0.15) is 5.97 Å². The second-order valence-corrected chi connectivity index (χ2v) is 10.6. The van der Waals surface area contributed by atoms with Crippen LogP contribution in [0.25, 0.3) is 0 Å². The molecular formula is C26H52N2O3. The van der Waals surface area contributed by atoms with E-state index in [-0.39, 0.29) is 10.4 Å². The van der Waals surface area contributed by atoms with Crippen LogP contribution in [0.15, 0.2) is 0 Å². The van der Waals surface area contributed by atoms with Crippen LogP contribution in [0.1, 0.15) is 124 Å². The second-order valence-electron chi connectivity index (χ2n) is 10.6. The third kappa shape index (κ3) is 13.1. The zero-order valence-corrected chi connectivity index (χ0v) is 21.6. The number of carbonyl (C=O) groups is 2. The number of quaternary nitrogens is 1. The van der Waals surface area contributed by atoms with Gasteiger partial charge in [-0.3, -0.25) is 10.1 Å². The summed E-state index contributed by atoms with van der Waals surface area (Å²) in [5.74, 6) is -0.543. The summed E-state index contributed by atoms with van der Waals surface area (Å²) in [6.45, 7) is 6.53. The zero-order chi connectivity index (χ0) is 23.8. The van der Waals surface area contributed by atoms with Crippen molar-refractivity contribution in [3.63, 3.8) is 0 Å². The standard InChI is InChI=1S/C26H52N2O3/c1-7-22-26(25(30)31,28(4,5)6)27-24(29)21-19-17-15-13-11-9-8-10-12-14-16-18-20-23(2)3/h23H,7-22H2,1-6H3,(H-,27,29,30,31). The van der Waals surface area contributed by atoms with Gasteiger partial charge in [0, 0.05) is 12.8 Å². The van der Waals surface area contributed by atoms with Crippen molar-refractivity contribution < 1.29 is 19.2 Å². The molecule has 1 unspecified atom stereocenters. The first kappa shape index (κ1) is 29.9. The Morgan fingerprint density at radius 2 is 1.23 bits per heavy atom. The maximum Gasteiger partial charge on any atom is 0.224 e. The molecule has 0 radical (unpaired) electrons. The monoisotopic (exact) mass is 440 g/mol. The number of likely N-dealkylation sites (N-methyl/N-ethyl adjacent to an activating group) is 1. The van der Waals surface area contributed by atoms with Crippen molar-refractivity contribution in [2.24, 2.45) is 5.92 Å². The number of carboxylic acid groups (broad SMARTS) is 1. The Morgan fingerprint density at radius 3 is 1.58 bits per heavy atom. The van der Waals surface area contributed by atoms with E-state index in [2.05, 4.69) is 19.2 Å². The number of unbranched alkanes of at least 4 members (excludes halogenated alkanes) is 11. The lowest BCUT2D eigenvalue weighted by Gasteiger charge is -2.46. The van der Waals surface area contributed by atoms with E-state index in [1.165, 1.54) is 64.2 Å². The van der Waals surface area contributed by atoms with E-state index in [9.17, 15) is 14.7 Å². The van der Waals surface area contributed by atoms with E-state index in [1.54, 1.807) is 21.1 Å². The number of hydrogen-bond acceptors (Lipinski definition) is 3. The maximum atomic E-state index is 12.4. The van der Waals surface area contributed by atoms with E-state index < -0.39 is 11.6 Å². The molecule has 0 fully saturated rings. The molecule has 0 aromatic rings. The van der Waals surface area contributed by atoms with Gasteiger partial charge in [-0.2, -0.15) is 0 Å². The van der Waals surface area contributed by atoms with Crippen LogP contribution < -0.4 is 10.4 Å². The number of rotatable bonds is 20. The SMILES string of the molecule is CCCC(NC(=O)CCCCCCCCCCCCCCC(C)C)(C(=O)[O-])[N+](C)(C)C. The summed E-state index contributed by atoms with van der Waals surface area (Å²) >= 11 is 0. The molecule has 1 N–H and O–H groups in total. The molecule has 0 aliphatic carbocycles. The molecule has 0 spiro atoms. The lowest BCUT2D eigenvalue weighted by molar-refractivity contribution is -0.919. The fourth-order valence-electron chi connectivity index (χ4n) is 4.25. The summed E-state index contributed by atoms with van der Waals surface area (Å²) in [7, 11) is 5.37. The first-order chi connectivity index (χ1) is 14.6. The Bertz CT molecular complexity index is 486. The van der Waals surface area contributed by atoms with Gasteiger partial charge in [-0.05, 0) is 18.8 Å². The number of hydrogen-bond donors (Lipinski definition) is 1. The molecule has 184 valence electrons. The minimum absolute atomic E-state index is 0.118. The average molecular weight is 441 g/mol. The molecule has 0 aliphatic heterocycles. The highest BCUT2D eigenvalue weighted by Crippen LogP contribution is 2.22. The largest absolute Gasteiger partial charge is 0.542 e. The number of carbonyl (C=O) groups excluding carboxylic acids is 2. The highest BCUT2D eigenvalue weighted by Gasteiger charge is 2.45. The molecule has 5 nitrogen and oxygen atoms in total. The number of amides is 1. The molecule has 0 bridgehead atoms. The molecule has 1 amide bonds. The third-order valence-corrected chi connectivity index (χ3v) is 6.38. The van der Waals surface area contributed by atoms with Gasteiger partial charge in [0.2, 0.25) is 11.6 Å². The van der Waals surface area contributed by atoms with Crippen molar-refractivity contribution in [3.05, 3.63) is 0 Å². The molecule has 1 atom stereocenters. The smallest absolute Gasteiger partial charge is 0.224 e.